The summed E-state index contributed by atoms with van der Waals surface area (Å²) in [5.41, 5.74) is 2.53. The van der Waals surface area contributed by atoms with Crippen LogP contribution < -0.4 is 15.4 Å². The SMILES string of the molecule is CCCNCCC(NCc1ccccc1OC)c1ccccc1. The predicted molar refractivity (Wildman–Crippen MR) is 96.8 cm³/mol. The first-order chi connectivity index (χ1) is 11.3. The number of methoxy groups -OCH3 is 1. The number of para-hydroxylation sites is 1. The third-order valence-corrected chi connectivity index (χ3v) is 3.97. The van der Waals surface area contributed by atoms with Gasteiger partial charge in [0.05, 0.1) is 7.11 Å². The van der Waals surface area contributed by atoms with Crippen LogP contribution in [0.25, 0.3) is 0 Å². The largest absolute Gasteiger partial charge is 0.496 e. The van der Waals surface area contributed by atoms with Crippen molar-refractivity contribution in [2.75, 3.05) is 20.2 Å². The second-order valence-corrected chi connectivity index (χ2v) is 5.69. The summed E-state index contributed by atoms with van der Waals surface area (Å²) in [6.07, 6.45) is 2.24. The van der Waals surface area contributed by atoms with Crippen LogP contribution in [-0.4, -0.2) is 20.2 Å². The first-order valence-corrected chi connectivity index (χ1v) is 8.46. The number of hydrogen-bond acceptors (Lipinski definition) is 3. The minimum Gasteiger partial charge on any atom is -0.496 e. The zero-order chi connectivity index (χ0) is 16.3. The lowest BCUT2D eigenvalue weighted by atomic mass is 10.0. The van der Waals surface area contributed by atoms with E-state index < -0.39 is 0 Å². The Morgan fingerprint density at radius 1 is 0.957 bits per heavy atom. The van der Waals surface area contributed by atoms with Crippen molar-refractivity contribution in [2.24, 2.45) is 0 Å². The molecule has 0 aliphatic carbocycles. The van der Waals surface area contributed by atoms with Crippen molar-refractivity contribution >= 4 is 0 Å². The molecule has 0 aliphatic heterocycles. The lowest BCUT2D eigenvalue weighted by Crippen LogP contribution is -2.26. The molecule has 0 aliphatic rings. The Morgan fingerprint density at radius 3 is 2.43 bits per heavy atom. The fourth-order valence-corrected chi connectivity index (χ4v) is 2.70. The molecule has 0 radical (unpaired) electrons. The summed E-state index contributed by atoms with van der Waals surface area (Å²) in [7, 11) is 1.72. The molecule has 2 aromatic carbocycles. The molecule has 2 N–H and O–H groups in total. The van der Waals surface area contributed by atoms with Crippen molar-refractivity contribution in [3.05, 3.63) is 65.7 Å². The summed E-state index contributed by atoms with van der Waals surface area (Å²) in [6.45, 7) is 5.10. The number of hydrogen-bond donors (Lipinski definition) is 2. The molecule has 0 heterocycles. The van der Waals surface area contributed by atoms with Gasteiger partial charge in [-0.1, -0.05) is 55.5 Å². The Kier molecular flexibility index (Phi) is 7.64. The van der Waals surface area contributed by atoms with Gasteiger partial charge in [-0.2, -0.15) is 0 Å². The molecule has 0 saturated heterocycles. The minimum absolute atomic E-state index is 0.338. The molecule has 2 aromatic rings. The maximum atomic E-state index is 5.44. The topological polar surface area (TPSA) is 33.3 Å². The van der Waals surface area contributed by atoms with E-state index in [0.717, 1.165) is 31.8 Å². The van der Waals surface area contributed by atoms with E-state index in [-0.39, 0.29) is 0 Å². The van der Waals surface area contributed by atoms with E-state index in [0.29, 0.717) is 6.04 Å². The van der Waals surface area contributed by atoms with E-state index in [1.165, 1.54) is 17.5 Å². The molecule has 0 saturated carbocycles. The van der Waals surface area contributed by atoms with E-state index in [2.05, 4.69) is 60.0 Å². The maximum Gasteiger partial charge on any atom is 0.123 e. The second kappa shape index (κ2) is 10.0. The van der Waals surface area contributed by atoms with Crippen LogP contribution in [0.3, 0.4) is 0 Å². The third kappa shape index (κ3) is 5.70. The highest BCUT2D eigenvalue weighted by Gasteiger charge is 2.11. The molecule has 2 rings (SSSR count). The molecule has 3 nitrogen and oxygen atoms in total. The first kappa shape index (κ1) is 17.5. The van der Waals surface area contributed by atoms with Crippen LogP contribution in [0.1, 0.15) is 36.9 Å². The van der Waals surface area contributed by atoms with Crippen LogP contribution in [0.15, 0.2) is 54.6 Å². The van der Waals surface area contributed by atoms with Crippen LogP contribution in [0.4, 0.5) is 0 Å². The Hall–Kier alpha value is -1.84. The van der Waals surface area contributed by atoms with Crippen LogP contribution in [-0.2, 0) is 6.54 Å². The van der Waals surface area contributed by atoms with Gasteiger partial charge >= 0.3 is 0 Å². The van der Waals surface area contributed by atoms with Gasteiger partial charge in [-0.15, -0.1) is 0 Å². The van der Waals surface area contributed by atoms with Crippen LogP contribution >= 0.6 is 0 Å². The molecule has 0 amide bonds. The highest BCUT2D eigenvalue weighted by Crippen LogP contribution is 2.20. The Morgan fingerprint density at radius 2 is 1.70 bits per heavy atom. The van der Waals surface area contributed by atoms with Gasteiger partial charge in [0, 0.05) is 18.2 Å². The molecule has 3 heteroatoms. The lowest BCUT2D eigenvalue weighted by Gasteiger charge is -2.20. The normalized spacial score (nSPS) is 12.1. The first-order valence-electron chi connectivity index (χ1n) is 8.46. The van der Waals surface area contributed by atoms with Crippen molar-refractivity contribution < 1.29 is 4.74 Å². The summed E-state index contributed by atoms with van der Waals surface area (Å²) >= 11 is 0. The molecule has 0 aromatic heterocycles. The predicted octanol–water partition coefficient (Wildman–Crippen LogP) is 3.92. The fraction of sp³-hybridized carbons (Fsp3) is 0.400. The van der Waals surface area contributed by atoms with Gasteiger partial charge in [0.25, 0.3) is 0 Å². The van der Waals surface area contributed by atoms with Gasteiger partial charge in [-0.05, 0) is 37.6 Å². The summed E-state index contributed by atoms with van der Waals surface area (Å²) in [6, 6.07) is 19.2. The number of ether oxygens (including phenoxy) is 1. The molecule has 1 unspecified atom stereocenters. The molecular formula is C20H28N2O. The summed E-state index contributed by atoms with van der Waals surface area (Å²) in [5.74, 6) is 0.941. The zero-order valence-electron chi connectivity index (χ0n) is 14.2. The van der Waals surface area contributed by atoms with E-state index >= 15 is 0 Å². The van der Waals surface area contributed by atoms with Gasteiger partial charge in [0.2, 0.25) is 0 Å². The minimum atomic E-state index is 0.338. The molecule has 0 bridgehead atoms. The van der Waals surface area contributed by atoms with Crippen molar-refractivity contribution in [2.45, 2.75) is 32.4 Å². The number of nitrogens with one attached hydrogen (secondary N) is 2. The number of benzene rings is 2. The molecule has 124 valence electrons. The van der Waals surface area contributed by atoms with Gasteiger partial charge < -0.3 is 15.4 Å². The van der Waals surface area contributed by atoms with Crippen LogP contribution in [0.2, 0.25) is 0 Å². The average Bonchev–Trinajstić information content (AvgIpc) is 2.62. The summed E-state index contributed by atoms with van der Waals surface area (Å²) in [4.78, 5) is 0. The monoisotopic (exact) mass is 312 g/mol. The molecule has 1 atom stereocenters. The molecular weight excluding hydrogens is 284 g/mol. The van der Waals surface area contributed by atoms with Gasteiger partial charge in [0.15, 0.2) is 0 Å². The lowest BCUT2D eigenvalue weighted by molar-refractivity contribution is 0.403. The Labute approximate surface area is 140 Å². The van der Waals surface area contributed by atoms with E-state index in [1.807, 2.05) is 12.1 Å². The highest BCUT2D eigenvalue weighted by atomic mass is 16.5. The zero-order valence-corrected chi connectivity index (χ0v) is 14.2. The van der Waals surface area contributed by atoms with Crippen LogP contribution in [0, 0.1) is 0 Å². The molecule has 0 spiro atoms. The van der Waals surface area contributed by atoms with Gasteiger partial charge in [-0.25, -0.2) is 0 Å². The average molecular weight is 312 g/mol. The van der Waals surface area contributed by atoms with Crippen LogP contribution in [0.5, 0.6) is 5.75 Å². The Bertz CT molecular complexity index is 557. The summed E-state index contributed by atoms with van der Waals surface area (Å²) < 4.78 is 5.44. The number of rotatable bonds is 10. The van der Waals surface area contributed by atoms with E-state index in [9.17, 15) is 0 Å². The molecule has 0 fully saturated rings. The van der Waals surface area contributed by atoms with Crippen molar-refractivity contribution in [1.82, 2.24) is 10.6 Å². The van der Waals surface area contributed by atoms with Crippen molar-refractivity contribution in [1.29, 1.82) is 0 Å². The van der Waals surface area contributed by atoms with Crippen molar-refractivity contribution in [3.8, 4) is 5.75 Å². The van der Waals surface area contributed by atoms with E-state index in [4.69, 9.17) is 4.74 Å². The second-order valence-electron chi connectivity index (χ2n) is 5.69. The third-order valence-electron chi connectivity index (χ3n) is 3.97. The smallest absolute Gasteiger partial charge is 0.123 e. The summed E-state index contributed by atoms with van der Waals surface area (Å²) in [5, 5.41) is 7.18. The van der Waals surface area contributed by atoms with Gasteiger partial charge in [0.1, 0.15) is 5.75 Å². The quantitative estimate of drug-likeness (QED) is 0.653. The molecule has 23 heavy (non-hydrogen) atoms. The highest BCUT2D eigenvalue weighted by molar-refractivity contribution is 5.33. The fourth-order valence-electron chi connectivity index (χ4n) is 2.70. The standard InChI is InChI=1S/C20H28N2O/c1-3-14-21-15-13-19(17-9-5-4-6-10-17)22-16-18-11-7-8-12-20(18)23-2/h4-12,19,21-22H,3,13-16H2,1-2H3. The van der Waals surface area contributed by atoms with E-state index in [1.54, 1.807) is 7.11 Å². The Balaban J connectivity index is 1.99. The van der Waals surface area contributed by atoms with Crippen molar-refractivity contribution in [3.63, 3.8) is 0 Å². The maximum absolute atomic E-state index is 5.44. The van der Waals surface area contributed by atoms with Gasteiger partial charge in [-0.3, -0.25) is 0 Å².